The van der Waals surface area contributed by atoms with Crippen LogP contribution in [-0.4, -0.2) is 29.8 Å². The lowest BCUT2D eigenvalue weighted by Crippen LogP contribution is -2.49. The van der Waals surface area contributed by atoms with Crippen molar-refractivity contribution in [2.75, 3.05) is 13.2 Å². The zero-order valence-corrected chi connectivity index (χ0v) is 7.25. The molecular weight excluding hydrogens is 158 g/mol. The smallest absolute Gasteiger partial charge is 0.325 e. The van der Waals surface area contributed by atoms with E-state index in [0.29, 0.717) is 12.5 Å². The van der Waals surface area contributed by atoms with Crippen LogP contribution >= 0.6 is 0 Å². The van der Waals surface area contributed by atoms with E-state index in [-0.39, 0.29) is 6.61 Å². The SMILES string of the molecule is CC(N)(COCC1CC1)C(=O)O. The van der Waals surface area contributed by atoms with Gasteiger partial charge in [0.1, 0.15) is 5.54 Å². The number of carboxylic acid groups (broad SMARTS) is 1. The number of aliphatic carboxylic acids is 1. The van der Waals surface area contributed by atoms with Crippen LogP contribution in [0.15, 0.2) is 0 Å². The van der Waals surface area contributed by atoms with E-state index < -0.39 is 11.5 Å². The first-order valence-electron chi connectivity index (χ1n) is 4.12. The normalized spacial score (nSPS) is 21.8. The van der Waals surface area contributed by atoms with E-state index in [4.69, 9.17) is 15.6 Å². The second-order valence-corrected chi connectivity index (χ2v) is 3.68. The summed E-state index contributed by atoms with van der Waals surface area (Å²) in [4.78, 5) is 10.5. The van der Waals surface area contributed by atoms with Crippen LogP contribution in [0.25, 0.3) is 0 Å². The van der Waals surface area contributed by atoms with E-state index in [1.807, 2.05) is 0 Å². The highest BCUT2D eigenvalue weighted by Gasteiger charge is 2.29. The van der Waals surface area contributed by atoms with Gasteiger partial charge in [-0.2, -0.15) is 0 Å². The Morgan fingerprint density at radius 2 is 2.33 bits per heavy atom. The van der Waals surface area contributed by atoms with Gasteiger partial charge in [0.25, 0.3) is 0 Å². The number of rotatable bonds is 5. The first-order chi connectivity index (χ1) is 5.52. The summed E-state index contributed by atoms with van der Waals surface area (Å²) >= 11 is 0. The van der Waals surface area contributed by atoms with Gasteiger partial charge in [0.05, 0.1) is 6.61 Å². The third kappa shape index (κ3) is 2.79. The molecular formula is C8H15NO3. The molecule has 12 heavy (non-hydrogen) atoms. The molecule has 0 spiro atoms. The third-order valence-corrected chi connectivity index (χ3v) is 1.94. The minimum atomic E-state index is -1.24. The quantitative estimate of drug-likeness (QED) is 0.623. The van der Waals surface area contributed by atoms with Crippen LogP contribution in [0, 0.1) is 5.92 Å². The zero-order valence-electron chi connectivity index (χ0n) is 7.25. The Kier molecular flexibility index (Phi) is 2.69. The van der Waals surface area contributed by atoms with E-state index in [1.165, 1.54) is 19.8 Å². The predicted octanol–water partition coefficient (Wildman–Crippen LogP) is 0.215. The first kappa shape index (κ1) is 9.48. The minimum Gasteiger partial charge on any atom is -0.480 e. The van der Waals surface area contributed by atoms with E-state index in [2.05, 4.69) is 0 Å². The minimum absolute atomic E-state index is 0.0961. The molecule has 0 radical (unpaired) electrons. The Bertz CT molecular complexity index is 175. The molecule has 0 aromatic heterocycles. The molecule has 0 aliphatic heterocycles. The fraction of sp³-hybridized carbons (Fsp3) is 0.875. The summed E-state index contributed by atoms with van der Waals surface area (Å²) in [5.41, 5.74) is 4.20. The summed E-state index contributed by atoms with van der Waals surface area (Å²) in [5.74, 6) is -0.368. The van der Waals surface area contributed by atoms with Gasteiger partial charge in [0.15, 0.2) is 0 Å². The second-order valence-electron chi connectivity index (χ2n) is 3.68. The van der Waals surface area contributed by atoms with Crippen LogP contribution in [0.2, 0.25) is 0 Å². The topological polar surface area (TPSA) is 72.5 Å². The molecule has 1 aliphatic rings. The number of carboxylic acids is 1. The largest absolute Gasteiger partial charge is 0.480 e. The predicted molar refractivity (Wildman–Crippen MR) is 43.8 cm³/mol. The van der Waals surface area contributed by atoms with Crippen LogP contribution < -0.4 is 5.73 Å². The standard InChI is InChI=1S/C8H15NO3/c1-8(9,7(10)11)5-12-4-6-2-3-6/h6H,2-5,9H2,1H3,(H,10,11). The van der Waals surface area contributed by atoms with Gasteiger partial charge in [0, 0.05) is 6.61 Å². The number of ether oxygens (including phenoxy) is 1. The molecule has 1 saturated carbocycles. The van der Waals surface area contributed by atoms with Crippen molar-refractivity contribution in [3.05, 3.63) is 0 Å². The lowest BCUT2D eigenvalue weighted by atomic mass is 10.1. The number of nitrogens with two attached hydrogens (primary N) is 1. The van der Waals surface area contributed by atoms with E-state index >= 15 is 0 Å². The van der Waals surface area contributed by atoms with Gasteiger partial charge in [-0.1, -0.05) is 0 Å². The van der Waals surface area contributed by atoms with Crippen molar-refractivity contribution >= 4 is 5.97 Å². The van der Waals surface area contributed by atoms with Crippen LogP contribution in [0.4, 0.5) is 0 Å². The fourth-order valence-electron chi connectivity index (χ4n) is 0.784. The van der Waals surface area contributed by atoms with Gasteiger partial charge >= 0.3 is 5.97 Å². The molecule has 1 aliphatic carbocycles. The maximum absolute atomic E-state index is 10.5. The van der Waals surface area contributed by atoms with E-state index in [9.17, 15) is 4.79 Å². The molecule has 1 rings (SSSR count). The molecule has 1 atom stereocenters. The van der Waals surface area contributed by atoms with Crippen LogP contribution in [0.3, 0.4) is 0 Å². The van der Waals surface area contributed by atoms with E-state index in [0.717, 1.165) is 0 Å². The van der Waals surface area contributed by atoms with Gasteiger partial charge in [-0.15, -0.1) is 0 Å². The highest BCUT2D eigenvalue weighted by Crippen LogP contribution is 2.28. The average molecular weight is 173 g/mol. The Labute approximate surface area is 71.7 Å². The molecule has 4 heteroatoms. The molecule has 0 heterocycles. The first-order valence-corrected chi connectivity index (χ1v) is 4.12. The third-order valence-electron chi connectivity index (χ3n) is 1.94. The lowest BCUT2D eigenvalue weighted by molar-refractivity contribution is -0.145. The Morgan fingerprint density at radius 3 is 2.75 bits per heavy atom. The van der Waals surface area contributed by atoms with Gasteiger partial charge in [-0.3, -0.25) is 4.79 Å². The summed E-state index contributed by atoms with van der Waals surface area (Å²) in [6, 6.07) is 0. The van der Waals surface area contributed by atoms with Crippen molar-refractivity contribution < 1.29 is 14.6 Å². The van der Waals surface area contributed by atoms with Gasteiger partial charge in [-0.25, -0.2) is 0 Å². The summed E-state index contributed by atoms with van der Waals surface area (Å²) in [5, 5.41) is 8.62. The van der Waals surface area contributed by atoms with Gasteiger partial charge in [-0.05, 0) is 25.7 Å². The Balaban J connectivity index is 2.14. The van der Waals surface area contributed by atoms with Crippen molar-refractivity contribution in [1.82, 2.24) is 0 Å². The van der Waals surface area contributed by atoms with E-state index in [1.54, 1.807) is 0 Å². The highest BCUT2D eigenvalue weighted by molar-refractivity contribution is 5.77. The number of carbonyl (C=O) groups is 1. The second kappa shape index (κ2) is 3.41. The van der Waals surface area contributed by atoms with Crippen molar-refractivity contribution in [1.29, 1.82) is 0 Å². The van der Waals surface area contributed by atoms with Crippen LogP contribution in [-0.2, 0) is 9.53 Å². The lowest BCUT2D eigenvalue weighted by Gasteiger charge is -2.18. The molecule has 4 nitrogen and oxygen atoms in total. The van der Waals surface area contributed by atoms with Gasteiger partial charge < -0.3 is 15.6 Å². The Hall–Kier alpha value is -0.610. The summed E-state index contributed by atoms with van der Waals surface area (Å²) < 4.78 is 5.18. The van der Waals surface area contributed by atoms with Crippen molar-refractivity contribution in [2.45, 2.75) is 25.3 Å². The van der Waals surface area contributed by atoms with Crippen molar-refractivity contribution in [2.24, 2.45) is 11.7 Å². The monoisotopic (exact) mass is 173 g/mol. The number of hydrogen-bond donors (Lipinski definition) is 2. The molecule has 0 saturated heterocycles. The molecule has 0 bridgehead atoms. The molecule has 1 fully saturated rings. The summed E-state index contributed by atoms with van der Waals surface area (Å²) in [6.45, 7) is 2.21. The zero-order chi connectivity index (χ0) is 9.19. The number of hydrogen-bond acceptors (Lipinski definition) is 3. The molecule has 70 valence electrons. The summed E-state index contributed by atoms with van der Waals surface area (Å²) in [6.07, 6.45) is 2.41. The maximum Gasteiger partial charge on any atom is 0.325 e. The molecule has 0 aromatic carbocycles. The molecule has 1 unspecified atom stereocenters. The van der Waals surface area contributed by atoms with Gasteiger partial charge in [0.2, 0.25) is 0 Å². The maximum atomic E-state index is 10.5. The van der Waals surface area contributed by atoms with Crippen LogP contribution in [0.5, 0.6) is 0 Å². The molecule has 3 N–H and O–H groups in total. The van der Waals surface area contributed by atoms with Crippen molar-refractivity contribution in [3.8, 4) is 0 Å². The summed E-state index contributed by atoms with van der Waals surface area (Å²) in [7, 11) is 0. The van der Waals surface area contributed by atoms with Crippen molar-refractivity contribution in [3.63, 3.8) is 0 Å². The average Bonchev–Trinajstić information content (AvgIpc) is 2.70. The van der Waals surface area contributed by atoms with Crippen LogP contribution in [0.1, 0.15) is 19.8 Å². The Morgan fingerprint density at radius 1 is 1.75 bits per heavy atom. The fourth-order valence-corrected chi connectivity index (χ4v) is 0.784. The molecule has 0 aromatic rings. The molecule has 0 amide bonds. The highest BCUT2D eigenvalue weighted by atomic mass is 16.5.